The number of carboxylic acid groups (broad SMARTS) is 1. The summed E-state index contributed by atoms with van der Waals surface area (Å²) in [4.78, 5) is 33.6. The summed E-state index contributed by atoms with van der Waals surface area (Å²) in [6.45, 7) is 1.92. The van der Waals surface area contributed by atoms with Gasteiger partial charge >= 0.3 is 5.97 Å². The Balaban J connectivity index is 2.20. The Hall–Kier alpha value is -2.46. The van der Waals surface area contributed by atoms with Gasteiger partial charge in [0.1, 0.15) is 0 Å². The first-order valence-corrected chi connectivity index (χ1v) is 7.38. The molecule has 1 N–H and O–H groups in total. The number of hydrogen-bond acceptors (Lipinski definition) is 3. The number of halogens is 1. The molecule has 0 saturated carbocycles. The SMILES string of the molecule is Cc1cccc(Cc2cccc(C(=O)CC(=O)C(=O)O)c2)c1Cl. The monoisotopic (exact) mass is 330 g/mol. The van der Waals surface area contributed by atoms with Crippen molar-refractivity contribution in [2.24, 2.45) is 0 Å². The molecule has 0 atom stereocenters. The summed E-state index contributed by atoms with van der Waals surface area (Å²) >= 11 is 6.27. The van der Waals surface area contributed by atoms with Crippen LogP contribution in [-0.4, -0.2) is 22.6 Å². The number of carbonyl (C=O) groups excluding carboxylic acids is 2. The molecule has 0 aromatic heterocycles. The van der Waals surface area contributed by atoms with E-state index in [9.17, 15) is 14.4 Å². The molecule has 0 unspecified atom stereocenters. The number of ketones is 2. The minimum Gasteiger partial charge on any atom is -0.475 e. The summed E-state index contributed by atoms with van der Waals surface area (Å²) in [7, 11) is 0. The largest absolute Gasteiger partial charge is 0.475 e. The van der Waals surface area contributed by atoms with Gasteiger partial charge in [-0.2, -0.15) is 0 Å². The van der Waals surface area contributed by atoms with Gasteiger partial charge in [0.05, 0.1) is 6.42 Å². The normalized spacial score (nSPS) is 10.3. The fourth-order valence-electron chi connectivity index (χ4n) is 2.24. The number of carbonyl (C=O) groups is 3. The second kappa shape index (κ2) is 7.20. The molecule has 0 aliphatic rings. The van der Waals surface area contributed by atoms with Gasteiger partial charge in [0, 0.05) is 10.6 Å². The van der Waals surface area contributed by atoms with E-state index in [1.54, 1.807) is 18.2 Å². The van der Waals surface area contributed by atoms with E-state index in [0.717, 1.165) is 16.7 Å². The maximum Gasteiger partial charge on any atom is 0.372 e. The predicted octanol–water partition coefficient (Wildman–Crippen LogP) is 3.47. The average molecular weight is 331 g/mol. The number of benzene rings is 2. The highest BCUT2D eigenvalue weighted by atomic mass is 35.5. The van der Waals surface area contributed by atoms with Crippen molar-refractivity contribution in [1.29, 1.82) is 0 Å². The number of Topliss-reactive ketones (excluding diaryl/α,β-unsaturated/α-hetero) is 2. The lowest BCUT2D eigenvalue weighted by Crippen LogP contribution is -2.17. The van der Waals surface area contributed by atoms with Crippen molar-refractivity contribution < 1.29 is 19.5 Å². The fourth-order valence-corrected chi connectivity index (χ4v) is 2.44. The fraction of sp³-hybridized carbons (Fsp3) is 0.167. The maximum atomic E-state index is 12.0. The van der Waals surface area contributed by atoms with Crippen LogP contribution in [-0.2, 0) is 16.0 Å². The average Bonchev–Trinajstić information content (AvgIpc) is 2.52. The van der Waals surface area contributed by atoms with Crippen LogP contribution in [0.25, 0.3) is 0 Å². The molecule has 2 aromatic rings. The van der Waals surface area contributed by atoms with Crippen molar-refractivity contribution in [1.82, 2.24) is 0 Å². The lowest BCUT2D eigenvalue weighted by atomic mass is 9.98. The van der Waals surface area contributed by atoms with Crippen molar-refractivity contribution in [3.63, 3.8) is 0 Å². The third-order valence-electron chi connectivity index (χ3n) is 3.47. The van der Waals surface area contributed by atoms with Gasteiger partial charge in [-0.15, -0.1) is 0 Å². The van der Waals surface area contributed by atoms with Crippen LogP contribution in [0.15, 0.2) is 42.5 Å². The summed E-state index contributed by atoms with van der Waals surface area (Å²) < 4.78 is 0. The Labute approximate surface area is 138 Å². The van der Waals surface area contributed by atoms with Crippen molar-refractivity contribution in [3.05, 3.63) is 69.7 Å². The molecule has 2 rings (SSSR count). The van der Waals surface area contributed by atoms with Gasteiger partial charge in [0.2, 0.25) is 5.78 Å². The standard InChI is InChI=1S/C18H15ClO4/c1-11-4-2-7-14(17(11)19)9-12-5-3-6-13(8-12)15(20)10-16(21)18(22)23/h2-8H,9-10H2,1H3,(H,22,23). The van der Waals surface area contributed by atoms with Crippen molar-refractivity contribution in [2.45, 2.75) is 19.8 Å². The molecule has 0 bridgehead atoms. The number of aliphatic carboxylic acids is 1. The van der Waals surface area contributed by atoms with Gasteiger partial charge in [-0.25, -0.2) is 4.79 Å². The molecule has 0 spiro atoms. The van der Waals surface area contributed by atoms with Gasteiger partial charge in [0.15, 0.2) is 5.78 Å². The number of rotatable bonds is 6. The highest BCUT2D eigenvalue weighted by Gasteiger charge is 2.18. The minimum absolute atomic E-state index is 0.320. The molecule has 0 aliphatic carbocycles. The van der Waals surface area contributed by atoms with Crippen LogP contribution in [0.5, 0.6) is 0 Å². The van der Waals surface area contributed by atoms with E-state index in [1.807, 2.05) is 31.2 Å². The van der Waals surface area contributed by atoms with E-state index in [1.165, 1.54) is 0 Å². The van der Waals surface area contributed by atoms with Gasteiger partial charge in [-0.3, -0.25) is 9.59 Å². The zero-order valence-corrected chi connectivity index (χ0v) is 13.3. The number of carboxylic acids is 1. The van der Waals surface area contributed by atoms with Gasteiger partial charge in [-0.05, 0) is 36.1 Å². The Morgan fingerprint density at radius 2 is 1.78 bits per heavy atom. The van der Waals surface area contributed by atoms with Crippen LogP contribution >= 0.6 is 11.6 Å². The van der Waals surface area contributed by atoms with E-state index in [4.69, 9.17) is 16.7 Å². The zero-order chi connectivity index (χ0) is 17.0. The molecule has 118 valence electrons. The molecule has 0 fully saturated rings. The molecule has 2 aromatic carbocycles. The minimum atomic E-state index is -1.60. The van der Waals surface area contributed by atoms with E-state index in [-0.39, 0.29) is 0 Å². The molecule has 0 heterocycles. The molecule has 4 nitrogen and oxygen atoms in total. The van der Waals surface area contributed by atoms with Crippen LogP contribution in [0, 0.1) is 6.92 Å². The Morgan fingerprint density at radius 1 is 1.09 bits per heavy atom. The highest BCUT2D eigenvalue weighted by Crippen LogP contribution is 2.23. The third kappa shape index (κ3) is 4.27. The Kier molecular flexibility index (Phi) is 5.29. The lowest BCUT2D eigenvalue weighted by molar-refractivity contribution is -0.148. The van der Waals surface area contributed by atoms with Crippen molar-refractivity contribution in [2.75, 3.05) is 0 Å². The van der Waals surface area contributed by atoms with Gasteiger partial charge < -0.3 is 5.11 Å². The summed E-state index contributed by atoms with van der Waals surface area (Å²) in [6.07, 6.45) is -0.0848. The van der Waals surface area contributed by atoms with Crippen LogP contribution in [0.2, 0.25) is 5.02 Å². The Bertz CT molecular complexity index is 780. The first-order valence-electron chi connectivity index (χ1n) is 7.00. The molecule has 23 heavy (non-hydrogen) atoms. The van der Waals surface area contributed by atoms with Crippen LogP contribution in [0.1, 0.15) is 33.5 Å². The van der Waals surface area contributed by atoms with Crippen molar-refractivity contribution >= 4 is 29.1 Å². The van der Waals surface area contributed by atoms with E-state index >= 15 is 0 Å². The second-order valence-electron chi connectivity index (χ2n) is 5.25. The second-order valence-corrected chi connectivity index (χ2v) is 5.63. The van der Waals surface area contributed by atoms with Crippen LogP contribution < -0.4 is 0 Å². The molecule has 0 saturated heterocycles. The summed E-state index contributed by atoms with van der Waals surface area (Å²) in [5.41, 5.74) is 3.10. The van der Waals surface area contributed by atoms with Crippen LogP contribution in [0.4, 0.5) is 0 Å². The Morgan fingerprint density at radius 3 is 2.48 bits per heavy atom. The zero-order valence-electron chi connectivity index (χ0n) is 12.5. The van der Waals surface area contributed by atoms with E-state index in [2.05, 4.69) is 0 Å². The molecule has 0 radical (unpaired) electrons. The summed E-state index contributed by atoms with van der Waals surface area (Å²) in [5, 5.41) is 9.25. The van der Waals surface area contributed by atoms with E-state index in [0.29, 0.717) is 17.0 Å². The maximum absolute atomic E-state index is 12.0. The third-order valence-corrected chi connectivity index (χ3v) is 4.02. The summed E-state index contributed by atoms with van der Waals surface area (Å²) in [6, 6.07) is 12.5. The number of aryl methyl sites for hydroxylation is 1. The molecular weight excluding hydrogens is 316 g/mol. The van der Waals surface area contributed by atoms with Gasteiger partial charge in [0.25, 0.3) is 0 Å². The van der Waals surface area contributed by atoms with E-state index < -0.39 is 24.0 Å². The number of hydrogen-bond donors (Lipinski definition) is 1. The molecular formula is C18H15ClO4. The predicted molar refractivity (Wildman–Crippen MR) is 87.0 cm³/mol. The van der Waals surface area contributed by atoms with Crippen molar-refractivity contribution in [3.8, 4) is 0 Å². The quantitative estimate of drug-likeness (QED) is 0.500. The molecule has 0 amide bonds. The first-order chi connectivity index (χ1) is 10.9. The lowest BCUT2D eigenvalue weighted by Gasteiger charge is -2.08. The van der Waals surface area contributed by atoms with Crippen LogP contribution in [0.3, 0.4) is 0 Å². The molecule has 5 heteroatoms. The summed E-state index contributed by atoms with van der Waals surface area (Å²) in [5.74, 6) is -3.21. The molecule has 0 aliphatic heterocycles. The van der Waals surface area contributed by atoms with Gasteiger partial charge in [-0.1, -0.05) is 48.0 Å². The first kappa shape index (κ1) is 16.9. The topological polar surface area (TPSA) is 71.4 Å². The highest BCUT2D eigenvalue weighted by molar-refractivity contribution is 6.37. The smallest absolute Gasteiger partial charge is 0.372 e.